The zero-order valence-electron chi connectivity index (χ0n) is 9.10. The molecule has 1 saturated heterocycles. The fourth-order valence-corrected chi connectivity index (χ4v) is 1.82. The molecule has 1 aromatic heterocycles. The number of hydrogen-bond acceptors (Lipinski definition) is 5. The second-order valence-electron chi connectivity index (χ2n) is 4.29. The second kappa shape index (κ2) is 3.86. The zero-order chi connectivity index (χ0) is 11.8. The second-order valence-corrected chi connectivity index (χ2v) is 4.29. The highest BCUT2D eigenvalue weighted by Crippen LogP contribution is 2.27. The standard InChI is InChI=1S/C10H15FN4O/c1-10(11)6-15(5-3-7(10)16)9-13-4-2-8(12)14-9/h2,4,7,16H,3,5-6H2,1H3,(H2,12,13,14)/t7-,10-/m0/s1. The molecule has 5 nitrogen and oxygen atoms in total. The molecule has 0 spiro atoms. The molecule has 0 amide bonds. The van der Waals surface area contributed by atoms with Gasteiger partial charge in [0.2, 0.25) is 5.95 Å². The van der Waals surface area contributed by atoms with Gasteiger partial charge in [0.05, 0.1) is 12.6 Å². The highest BCUT2D eigenvalue weighted by atomic mass is 19.1. The fraction of sp³-hybridized carbons (Fsp3) is 0.600. The first-order valence-corrected chi connectivity index (χ1v) is 5.19. The van der Waals surface area contributed by atoms with Gasteiger partial charge in [0.15, 0.2) is 5.67 Å². The summed E-state index contributed by atoms with van der Waals surface area (Å²) in [5.74, 6) is 0.771. The van der Waals surface area contributed by atoms with Crippen LogP contribution in [-0.4, -0.2) is 39.9 Å². The molecule has 1 fully saturated rings. The Morgan fingerprint density at radius 3 is 3.06 bits per heavy atom. The van der Waals surface area contributed by atoms with Crippen LogP contribution >= 0.6 is 0 Å². The summed E-state index contributed by atoms with van der Waals surface area (Å²) in [5.41, 5.74) is 3.91. The molecule has 6 heteroatoms. The van der Waals surface area contributed by atoms with Crippen LogP contribution in [0.15, 0.2) is 12.3 Å². The van der Waals surface area contributed by atoms with Crippen molar-refractivity contribution in [3.63, 3.8) is 0 Å². The maximum Gasteiger partial charge on any atom is 0.227 e. The molecule has 0 radical (unpaired) electrons. The summed E-state index contributed by atoms with van der Waals surface area (Å²) < 4.78 is 13.9. The Labute approximate surface area is 93.1 Å². The lowest BCUT2D eigenvalue weighted by molar-refractivity contribution is -0.00860. The van der Waals surface area contributed by atoms with Gasteiger partial charge in [-0.3, -0.25) is 0 Å². The topological polar surface area (TPSA) is 75.3 Å². The number of nitrogens with two attached hydrogens (primary N) is 1. The molecule has 88 valence electrons. The quantitative estimate of drug-likeness (QED) is 0.723. The van der Waals surface area contributed by atoms with Gasteiger partial charge in [-0.25, -0.2) is 9.37 Å². The lowest BCUT2D eigenvalue weighted by Gasteiger charge is -2.38. The normalized spacial score (nSPS) is 30.4. The lowest BCUT2D eigenvalue weighted by Crippen LogP contribution is -2.52. The summed E-state index contributed by atoms with van der Waals surface area (Å²) in [6, 6.07) is 1.58. The van der Waals surface area contributed by atoms with Gasteiger partial charge in [-0.05, 0) is 19.4 Å². The van der Waals surface area contributed by atoms with Gasteiger partial charge >= 0.3 is 0 Å². The third kappa shape index (κ3) is 2.06. The number of aliphatic hydroxyl groups excluding tert-OH is 1. The minimum absolute atomic E-state index is 0.0810. The number of nitrogens with zero attached hydrogens (tertiary/aromatic N) is 3. The Hall–Kier alpha value is -1.43. The molecule has 0 unspecified atom stereocenters. The van der Waals surface area contributed by atoms with E-state index in [0.29, 0.717) is 24.7 Å². The monoisotopic (exact) mass is 226 g/mol. The fourth-order valence-electron chi connectivity index (χ4n) is 1.82. The van der Waals surface area contributed by atoms with E-state index < -0.39 is 11.8 Å². The number of hydrogen-bond donors (Lipinski definition) is 2. The molecule has 16 heavy (non-hydrogen) atoms. The van der Waals surface area contributed by atoms with Gasteiger partial charge in [0, 0.05) is 12.7 Å². The van der Waals surface area contributed by atoms with Gasteiger partial charge in [-0.2, -0.15) is 4.98 Å². The van der Waals surface area contributed by atoms with Gasteiger partial charge in [-0.1, -0.05) is 0 Å². The predicted molar refractivity (Wildman–Crippen MR) is 58.8 cm³/mol. The Balaban J connectivity index is 2.18. The SMILES string of the molecule is C[C@]1(F)CN(c2nccc(N)n2)CC[C@@H]1O. The molecule has 3 N–H and O–H groups in total. The molecule has 1 aromatic rings. The average Bonchev–Trinajstić information content (AvgIpc) is 2.22. The third-order valence-electron chi connectivity index (χ3n) is 2.81. The van der Waals surface area contributed by atoms with Gasteiger partial charge < -0.3 is 15.7 Å². The first-order chi connectivity index (χ1) is 7.49. The van der Waals surface area contributed by atoms with Crippen molar-refractivity contribution in [1.29, 1.82) is 0 Å². The average molecular weight is 226 g/mol. The zero-order valence-corrected chi connectivity index (χ0v) is 9.10. The van der Waals surface area contributed by atoms with Crippen molar-refractivity contribution >= 4 is 11.8 Å². The maximum absolute atomic E-state index is 13.9. The van der Waals surface area contributed by atoms with Crippen molar-refractivity contribution in [2.24, 2.45) is 0 Å². The molecular formula is C10H15FN4O. The molecule has 1 aliphatic rings. The molecule has 2 heterocycles. The van der Waals surface area contributed by atoms with Crippen LogP contribution in [0.3, 0.4) is 0 Å². The van der Waals surface area contributed by atoms with Crippen LogP contribution < -0.4 is 10.6 Å². The minimum atomic E-state index is -1.63. The van der Waals surface area contributed by atoms with E-state index in [1.54, 1.807) is 11.0 Å². The van der Waals surface area contributed by atoms with E-state index in [4.69, 9.17) is 5.73 Å². The Bertz CT molecular complexity index is 385. The number of alkyl halides is 1. The van der Waals surface area contributed by atoms with Gasteiger partial charge in [-0.15, -0.1) is 0 Å². The summed E-state index contributed by atoms with van der Waals surface area (Å²) >= 11 is 0. The van der Waals surface area contributed by atoms with Crippen LogP contribution in [0, 0.1) is 0 Å². The summed E-state index contributed by atoms with van der Waals surface area (Å²) in [5, 5.41) is 9.49. The third-order valence-corrected chi connectivity index (χ3v) is 2.81. The van der Waals surface area contributed by atoms with Crippen molar-refractivity contribution in [2.75, 3.05) is 23.7 Å². The molecule has 0 aliphatic carbocycles. The van der Waals surface area contributed by atoms with E-state index in [1.807, 2.05) is 0 Å². The first kappa shape index (κ1) is 11.1. The van der Waals surface area contributed by atoms with Crippen molar-refractivity contribution in [2.45, 2.75) is 25.1 Å². The molecular weight excluding hydrogens is 211 g/mol. The number of halogens is 1. The Kier molecular flexibility index (Phi) is 2.67. The molecule has 0 aromatic carbocycles. The number of nitrogen functional groups attached to an aromatic ring is 1. The Morgan fingerprint density at radius 1 is 1.69 bits per heavy atom. The smallest absolute Gasteiger partial charge is 0.227 e. The Morgan fingerprint density at radius 2 is 2.44 bits per heavy atom. The number of anilines is 2. The minimum Gasteiger partial charge on any atom is -0.390 e. The van der Waals surface area contributed by atoms with E-state index in [1.165, 1.54) is 13.1 Å². The maximum atomic E-state index is 13.9. The highest BCUT2D eigenvalue weighted by Gasteiger charge is 2.39. The summed E-state index contributed by atoms with van der Waals surface area (Å²) in [6.45, 7) is 2.00. The van der Waals surface area contributed by atoms with E-state index in [-0.39, 0.29) is 6.54 Å². The van der Waals surface area contributed by atoms with Crippen molar-refractivity contribution in [3.05, 3.63) is 12.3 Å². The van der Waals surface area contributed by atoms with Gasteiger partial charge in [0.25, 0.3) is 0 Å². The first-order valence-electron chi connectivity index (χ1n) is 5.19. The van der Waals surface area contributed by atoms with Crippen LogP contribution in [0.5, 0.6) is 0 Å². The molecule has 1 aliphatic heterocycles. The van der Waals surface area contributed by atoms with E-state index in [9.17, 15) is 9.50 Å². The summed E-state index contributed by atoms with van der Waals surface area (Å²) in [4.78, 5) is 9.77. The molecule has 2 rings (SSSR count). The molecule has 0 saturated carbocycles. The van der Waals surface area contributed by atoms with E-state index >= 15 is 0 Å². The largest absolute Gasteiger partial charge is 0.390 e. The van der Waals surface area contributed by atoms with Crippen molar-refractivity contribution in [3.8, 4) is 0 Å². The lowest BCUT2D eigenvalue weighted by atomic mass is 9.94. The van der Waals surface area contributed by atoms with E-state index in [0.717, 1.165) is 0 Å². The van der Waals surface area contributed by atoms with Gasteiger partial charge in [0.1, 0.15) is 5.82 Å². The summed E-state index contributed by atoms with van der Waals surface area (Å²) in [6.07, 6.45) is 0.980. The molecule has 0 bridgehead atoms. The van der Waals surface area contributed by atoms with Crippen LogP contribution in [0.1, 0.15) is 13.3 Å². The summed E-state index contributed by atoms with van der Waals surface area (Å²) in [7, 11) is 0. The number of piperidine rings is 1. The number of rotatable bonds is 1. The van der Waals surface area contributed by atoms with Crippen LogP contribution in [0.25, 0.3) is 0 Å². The van der Waals surface area contributed by atoms with Crippen molar-refractivity contribution < 1.29 is 9.50 Å². The molecule has 2 atom stereocenters. The van der Waals surface area contributed by atoms with E-state index in [2.05, 4.69) is 9.97 Å². The van der Waals surface area contributed by atoms with Crippen LogP contribution in [0.4, 0.5) is 16.2 Å². The predicted octanol–water partition coefficient (Wildman–Crippen LogP) is 0.358. The number of aromatic nitrogens is 2. The number of aliphatic hydroxyl groups is 1. The van der Waals surface area contributed by atoms with Crippen molar-refractivity contribution in [1.82, 2.24) is 9.97 Å². The van der Waals surface area contributed by atoms with Crippen LogP contribution in [-0.2, 0) is 0 Å². The van der Waals surface area contributed by atoms with Crippen LogP contribution in [0.2, 0.25) is 0 Å². The highest BCUT2D eigenvalue weighted by molar-refractivity contribution is 5.38.